The molecule has 4 aliphatic rings. The van der Waals surface area contributed by atoms with Crippen LogP contribution in [0, 0.1) is 13.8 Å². The number of aromatic amines is 1. The molecule has 1 N–H and O–H groups in total. The van der Waals surface area contributed by atoms with Crippen LogP contribution in [0.5, 0.6) is 0 Å². The lowest BCUT2D eigenvalue weighted by Gasteiger charge is -2.42. The van der Waals surface area contributed by atoms with Crippen molar-refractivity contribution < 1.29 is 0 Å². The molecule has 0 radical (unpaired) electrons. The van der Waals surface area contributed by atoms with Crippen molar-refractivity contribution in [3.8, 4) is 16.8 Å². The third kappa shape index (κ3) is 4.92. The summed E-state index contributed by atoms with van der Waals surface area (Å²) in [5.74, 6) is 4.06. The van der Waals surface area contributed by atoms with Crippen LogP contribution >= 0.6 is 0 Å². The second-order valence-electron chi connectivity index (χ2n) is 16.0. The first-order valence-corrected chi connectivity index (χ1v) is 19.6. The van der Waals surface area contributed by atoms with Gasteiger partial charge in [-0.3, -0.25) is 9.80 Å². The average Bonchev–Trinajstić information content (AvgIpc) is 3.81. The largest absolute Gasteiger partial charge is 0.361 e. The summed E-state index contributed by atoms with van der Waals surface area (Å²) < 4.78 is 7.32. The minimum atomic E-state index is 0.515. The van der Waals surface area contributed by atoms with Gasteiger partial charge in [0.1, 0.15) is 17.5 Å². The molecule has 0 amide bonds. The van der Waals surface area contributed by atoms with Gasteiger partial charge in [-0.1, -0.05) is 18.6 Å². The summed E-state index contributed by atoms with van der Waals surface area (Å²) in [5, 5.41) is 1.24. The van der Waals surface area contributed by atoms with E-state index in [1.54, 1.807) is 0 Å². The lowest BCUT2D eigenvalue weighted by atomic mass is 9.76. The Kier molecular flexibility index (Phi) is 7.06. The van der Waals surface area contributed by atoms with E-state index in [2.05, 4.69) is 103 Å². The second-order valence-corrected chi connectivity index (χ2v) is 16.0. The number of imidazole rings is 3. The maximum atomic E-state index is 5.20. The van der Waals surface area contributed by atoms with E-state index in [9.17, 15) is 0 Å². The minimum Gasteiger partial charge on any atom is -0.361 e. The normalized spacial score (nSPS) is 21.6. The number of H-pyrrole nitrogens is 1. The molecular formula is C43H47N9. The zero-order chi connectivity index (χ0) is 34.5. The summed E-state index contributed by atoms with van der Waals surface area (Å²) in [5.41, 5.74) is 12.1. The maximum Gasteiger partial charge on any atom is 0.111 e. The van der Waals surface area contributed by atoms with Gasteiger partial charge in [-0.2, -0.15) is 0 Å². The van der Waals surface area contributed by atoms with Gasteiger partial charge < -0.3 is 18.7 Å². The fourth-order valence-electron chi connectivity index (χ4n) is 9.97. The summed E-state index contributed by atoms with van der Waals surface area (Å²) in [6.07, 6.45) is 10.5. The summed E-state index contributed by atoms with van der Waals surface area (Å²) >= 11 is 0. The van der Waals surface area contributed by atoms with Crippen LogP contribution in [0.2, 0.25) is 0 Å². The molecule has 2 fully saturated rings. The Hall–Kier alpha value is -4.73. The molecule has 3 aromatic carbocycles. The lowest BCUT2D eigenvalue weighted by Crippen LogP contribution is -2.45. The van der Waals surface area contributed by atoms with Gasteiger partial charge in [0, 0.05) is 93.2 Å². The molecule has 6 heterocycles. The predicted molar refractivity (Wildman–Crippen MR) is 207 cm³/mol. The highest BCUT2D eigenvalue weighted by atomic mass is 15.2. The summed E-state index contributed by atoms with van der Waals surface area (Å²) in [6.45, 7) is 10.9. The zero-order valence-corrected chi connectivity index (χ0v) is 30.4. The van der Waals surface area contributed by atoms with E-state index in [1.165, 1.54) is 93.9 Å². The van der Waals surface area contributed by atoms with E-state index in [0.717, 1.165) is 75.0 Å². The first kappa shape index (κ1) is 30.9. The van der Waals surface area contributed by atoms with Gasteiger partial charge in [0.25, 0.3) is 0 Å². The van der Waals surface area contributed by atoms with Gasteiger partial charge in [0.15, 0.2) is 0 Å². The number of benzene rings is 3. The van der Waals surface area contributed by atoms with Crippen LogP contribution in [0.15, 0.2) is 66.9 Å². The Balaban J connectivity index is 0.766. The number of fused-ring (bicyclic) bond motifs is 7. The first-order valence-electron chi connectivity index (χ1n) is 19.6. The van der Waals surface area contributed by atoms with Gasteiger partial charge in [-0.15, -0.1) is 0 Å². The number of hydrogen-bond acceptors (Lipinski definition) is 5. The smallest absolute Gasteiger partial charge is 0.111 e. The Morgan fingerprint density at radius 2 is 1.33 bits per heavy atom. The average molecular weight is 690 g/mol. The summed E-state index contributed by atoms with van der Waals surface area (Å²) in [7, 11) is 0. The SMILES string of the molecule is Cc1nc(C2CC(N3CCc4nc5cc(-c6ccc7[nH]ccc7c6)ccc5n4CC3)C2)c(C)n1-c1ccc2c(c1)nc1n2CCN(C2CCC2)CC1. The number of aryl methyl sites for hydroxylation is 1. The fraction of sp³-hybridized carbons (Fsp3) is 0.419. The van der Waals surface area contributed by atoms with E-state index in [0.29, 0.717) is 12.0 Å². The van der Waals surface area contributed by atoms with Crippen molar-refractivity contribution in [1.29, 1.82) is 0 Å². The lowest BCUT2D eigenvalue weighted by molar-refractivity contribution is 0.109. The predicted octanol–water partition coefficient (Wildman–Crippen LogP) is 7.55. The van der Waals surface area contributed by atoms with Crippen LogP contribution in [0.25, 0.3) is 49.8 Å². The van der Waals surface area contributed by atoms with Crippen LogP contribution in [0.4, 0.5) is 0 Å². The highest BCUT2D eigenvalue weighted by Gasteiger charge is 2.38. The quantitative estimate of drug-likeness (QED) is 0.202. The maximum absolute atomic E-state index is 5.20. The summed E-state index contributed by atoms with van der Waals surface area (Å²) in [4.78, 5) is 24.3. The second kappa shape index (κ2) is 11.9. The number of rotatable bonds is 5. The molecule has 11 rings (SSSR count). The number of nitrogens with one attached hydrogen (secondary N) is 1. The van der Waals surface area contributed by atoms with E-state index in [-0.39, 0.29) is 0 Å². The van der Waals surface area contributed by atoms with Gasteiger partial charge >= 0.3 is 0 Å². The van der Waals surface area contributed by atoms with Crippen molar-refractivity contribution in [2.45, 2.75) is 89.9 Å². The molecule has 2 saturated carbocycles. The Labute approximate surface area is 304 Å². The van der Waals surface area contributed by atoms with Crippen LogP contribution in [-0.2, 0) is 25.9 Å². The van der Waals surface area contributed by atoms with Gasteiger partial charge in [0.2, 0.25) is 0 Å². The van der Waals surface area contributed by atoms with E-state index in [4.69, 9.17) is 15.0 Å². The van der Waals surface area contributed by atoms with Crippen molar-refractivity contribution in [1.82, 2.24) is 43.4 Å². The molecule has 9 heteroatoms. The van der Waals surface area contributed by atoms with Gasteiger partial charge in [0.05, 0.1) is 27.8 Å². The minimum absolute atomic E-state index is 0.515. The molecule has 4 aromatic heterocycles. The molecule has 2 aliphatic carbocycles. The fourth-order valence-corrected chi connectivity index (χ4v) is 9.97. The van der Waals surface area contributed by atoms with Crippen LogP contribution < -0.4 is 0 Å². The molecule has 0 unspecified atom stereocenters. The highest BCUT2D eigenvalue weighted by Crippen LogP contribution is 2.42. The van der Waals surface area contributed by atoms with E-state index >= 15 is 0 Å². The summed E-state index contributed by atoms with van der Waals surface area (Å²) in [6, 6.07) is 23.9. The number of aromatic nitrogens is 7. The Morgan fingerprint density at radius 1 is 0.654 bits per heavy atom. The zero-order valence-electron chi connectivity index (χ0n) is 30.4. The monoisotopic (exact) mass is 689 g/mol. The van der Waals surface area contributed by atoms with Gasteiger partial charge in [-0.05, 0) is 105 Å². The molecule has 0 atom stereocenters. The Bertz CT molecular complexity index is 2480. The molecule has 264 valence electrons. The van der Waals surface area contributed by atoms with Crippen molar-refractivity contribution in [2.24, 2.45) is 0 Å². The molecular weight excluding hydrogens is 643 g/mol. The molecule has 7 aromatic rings. The van der Waals surface area contributed by atoms with Crippen molar-refractivity contribution in [3.05, 3.63) is 95.7 Å². The van der Waals surface area contributed by atoms with Crippen molar-refractivity contribution >= 4 is 33.0 Å². The number of hydrogen-bond donors (Lipinski definition) is 1. The molecule has 0 spiro atoms. The Morgan fingerprint density at radius 3 is 2.06 bits per heavy atom. The molecule has 2 aliphatic heterocycles. The topological polar surface area (TPSA) is 75.7 Å². The van der Waals surface area contributed by atoms with Crippen LogP contribution in [-0.4, -0.2) is 81.7 Å². The number of nitrogens with zero attached hydrogens (tertiary/aromatic N) is 8. The third-order valence-electron chi connectivity index (χ3n) is 13.2. The standard InChI is InChI=1S/C43H47N9/c1-27-43(45-28(2)52(27)34-8-11-40-38(26-34)47-42-13-16-48(18-20-51(40)42)33-4-3-5-33)32-23-35(24-32)49-17-14-41-46-37-25-30(7-10-39(37)50(41)21-19-49)29-6-9-36-31(22-29)12-15-44-36/h6-12,15,22,25-26,32-33,35,44H,3-5,13-14,16-21,23-24H2,1-2H3. The molecule has 0 saturated heterocycles. The molecule has 52 heavy (non-hydrogen) atoms. The molecule has 9 nitrogen and oxygen atoms in total. The van der Waals surface area contributed by atoms with Crippen molar-refractivity contribution in [3.63, 3.8) is 0 Å². The highest BCUT2D eigenvalue weighted by molar-refractivity contribution is 5.88. The first-order chi connectivity index (χ1) is 25.5. The van der Waals surface area contributed by atoms with E-state index in [1.807, 2.05) is 6.20 Å². The van der Waals surface area contributed by atoms with Crippen molar-refractivity contribution in [2.75, 3.05) is 26.2 Å². The van der Waals surface area contributed by atoms with Gasteiger partial charge in [-0.25, -0.2) is 15.0 Å². The van der Waals surface area contributed by atoms with Crippen LogP contribution in [0.1, 0.15) is 66.9 Å². The third-order valence-corrected chi connectivity index (χ3v) is 13.2. The van der Waals surface area contributed by atoms with Crippen LogP contribution in [0.3, 0.4) is 0 Å². The van der Waals surface area contributed by atoms with E-state index < -0.39 is 0 Å². The molecule has 0 bridgehead atoms.